The number of fused-ring (bicyclic) bond motifs is 4. The Kier molecular flexibility index (Phi) is 2.43. The average Bonchev–Trinajstić information content (AvgIpc) is 3.24. The lowest BCUT2D eigenvalue weighted by Gasteiger charge is -2.22. The van der Waals surface area contributed by atoms with E-state index in [0.29, 0.717) is 18.4 Å². The van der Waals surface area contributed by atoms with E-state index in [0.717, 1.165) is 16.3 Å². The van der Waals surface area contributed by atoms with Gasteiger partial charge in [0.15, 0.2) is 0 Å². The minimum absolute atomic E-state index is 0.0612. The standard InChI is InChI=1S/C22H19NO2/c24-20-18-16-8-9-17(22(16)10-11-22)19(18)21(25)23(20)12-14-6-3-5-13-4-1-2-7-15(13)14/h1-9,16-19H,10-12H2/t16-,17-,18+,19+/m1/s1. The predicted octanol–water partition coefficient (Wildman–Crippen LogP) is 3.54. The maximum absolute atomic E-state index is 13.1. The second-order valence-electron chi connectivity index (χ2n) is 8.12. The topological polar surface area (TPSA) is 37.4 Å². The smallest absolute Gasteiger partial charge is 0.234 e. The summed E-state index contributed by atoms with van der Waals surface area (Å²) in [4.78, 5) is 27.8. The van der Waals surface area contributed by atoms with Gasteiger partial charge < -0.3 is 0 Å². The van der Waals surface area contributed by atoms with Gasteiger partial charge >= 0.3 is 0 Å². The highest BCUT2D eigenvalue weighted by Gasteiger charge is 2.73. The number of rotatable bonds is 2. The molecular weight excluding hydrogens is 310 g/mol. The molecule has 0 aromatic heterocycles. The molecule has 25 heavy (non-hydrogen) atoms. The zero-order chi connectivity index (χ0) is 16.8. The molecule has 1 saturated heterocycles. The third kappa shape index (κ3) is 1.57. The molecule has 2 aromatic carbocycles. The molecule has 4 aliphatic rings. The average molecular weight is 329 g/mol. The van der Waals surface area contributed by atoms with Crippen LogP contribution in [-0.2, 0) is 16.1 Å². The zero-order valence-electron chi connectivity index (χ0n) is 13.9. The molecule has 1 aliphatic heterocycles. The van der Waals surface area contributed by atoms with Crippen molar-refractivity contribution >= 4 is 22.6 Å². The number of allylic oxidation sites excluding steroid dienone is 2. The van der Waals surface area contributed by atoms with Crippen LogP contribution in [0.2, 0.25) is 0 Å². The lowest BCUT2D eigenvalue weighted by molar-refractivity contribution is -0.141. The number of imide groups is 1. The van der Waals surface area contributed by atoms with Crippen molar-refractivity contribution in [3.05, 3.63) is 60.2 Å². The van der Waals surface area contributed by atoms with Gasteiger partial charge in [-0.25, -0.2) is 0 Å². The first-order chi connectivity index (χ1) is 12.2. The molecule has 3 heteroatoms. The van der Waals surface area contributed by atoms with Crippen LogP contribution in [0.25, 0.3) is 10.8 Å². The maximum Gasteiger partial charge on any atom is 0.234 e. The number of nitrogens with zero attached hydrogens (tertiary/aromatic N) is 1. The van der Waals surface area contributed by atoms with Crippen molar-refractivity contribution in [3.63, 3.8) is 0 Å². The number of hydrogen-bond acceptors (Lipinski definition) is 2. The molecule has 1 heterocycles. The quantitative estimate of drug-likeness (QED) is 0.624. The SMILES string of the molecule is O=C1[C@@H]2[C@@H](C(=O)N1Cc1cccc3ccccc13)[C@H]1C=C[C@H]2C12CC2. The van der Waals surface area contributed by atoms with Crippen molar-refractivity contribution in [1.29, 1.82) is 0 Å². The Bertz CT molecular complexity index is 932. The first-order valence-corrected chi connectivity index (χ1v) is 9.21. The van der Waals surface area contributed by atoms with E-state index in [1.807, 2.05) is 24.3 Å². The molecule has 3 nitrogen and oxygen atoms in total. The zero-order valence-corrected chi connectivity index (χ0v) is 13.9. The lowest BCUT2D eigenvalue weighted by atomic mass is 9.85. The summed E-state index contributed by atoms with van der Waals surface area (Å²) in [7, 11) is 0. The van der Waals surface area contributed by atoms with Gasteiger partial charge in [-0.05, 0) is 46.4 Å². The van der Waals surface area contributed by atoms with E-state index in [1.54, 1.807) is 4.90 Å². The van der Waals surface area contributed by atoms with Crippen LogP contribution in [0.3, 0.4) is 0 Å². The van der Waals surface area contributed by atoms with E-state index in [9.17, 15) is 9.59 Å². The molecule has 3 fully saturated rings. The van der Waals surface area contributed by atoms with Gasteiger partial charge in [-0.1, -0.05) is 54.6 Å². The number of hydrogen-bond donors (Lipinski definition) is 0. The van der Waals surface area contributed by atoms with Gasteiger partial charge in [0.2, 0.25) is 11.8 Å². The van der Waals surface area contributed by atoms with E-state index < -0.39 is 0 Å². The largest absolute Gasteiger partial charge is 0.278 e. The van der Waals surface area contributed by atoms with Crippen molar-refractivity contribution < 1.29 is 9.59 Å². The van der Waals surface area contributed by atoms with Crippen LogP contribution >= 0.6 is 0 Å². The molecule has 3 aliphatic carbocycles. The van der Waals surface area contributed by atoms with Gasteiger partial charge in [-0.2, -0.15) is 0 Å². The molecule has 0 radical (unpaired) electrons. The van der Waals surface area contributed by atoms with Crippen molar-refractivity contribution in [3.8, 4) is 0 Å². The highest BCUT2D eigenvalue weighted by molar-refractivity contribution is 6.07. The molecule has 0 N–H and O–H groups in total. The Labute approximate surface area is 146 Å². The summed E-state index contributed by atoms with van der Waals surface area (Å²) in [6.45, 7) is 0.401. The summed E-state index contributed by atoms with van der Waals surface area (Å²) in [6.07, 6.45) is 6.83. The van der Waals surface area contributed by atoms with Crippen LogP contribution in [-0.4, -0.2) is 16.7 Å². The number of amides is 2. The predicted molar refractivity (Wildman–Crippen MR) is 94.3 cm³/mol. The summed E-state index contributed by atoms with van der Waals surface area (Å²) in [6, 6.07) is 14.3. The van der Waals surface area contributed by atoms with Crippen LogP contribution in [0.1, 0.15) is 18.4 Å². The highest BCUT2D eigenvalue weighted by atomic mass is 16.2. The summed E-state index contributed by atoms with van der Waals surface area (Å²) in [5.41, 5.74) is 1.33. The van der Waals surface area contributed by atoms with E-state index >= 15 is 0 Å². The highest BCUT2D eigenvalue weighted by Crippen LogP contribution is 2.73. The molecule has 4 atom stereocenters. The lowest BCUT2D eigenvalue weighted by Crippen LogP contribution is -2.34. The van der Waals surface area contributed by atoms with Crippen molar-refractivity contribution in [2.45, 2.75) is 19.4 Å². The molecule has 124 valence electrons. The summed E-state index contributed by atoms with van der Waals surface area (Å²) >= 11 is 0. The van der Waals surface area contributed by atoms with Gasteiger partial charge in [0.05, 0.1) is 18.4 Å². The fraction of sp³-hybridized carbons (Fsp3) is 0.364. The van der Waals surface area contributed by atoms with E-state index in [4.69, 9.17) is 0 Å². The monoisotopic (exact) mass is 329 g/mol. The van der Waals surface area contributed by atoms with Crippen molar-refractivity contribution in [1.82, 2.24) is 4.90 Å². The molecular formula is C22H19NO2. The van der Waals surface area contributed by atoms with E-state index in [1.165, 1.54) is 12.8 Å². The Balaban J connectivity index is 1.37. The van der Waals surface area contributed by atoms with Crippen LogP contribution in [0.4, 0.5) is 0 Å². The van der Waals surface area contributed by atoms with Crippen LogP contribution in [0.5, 0.6) is 0 Å². The normalized spacial score (nSPS) is 33.7. The van der Waals surface area contributed by atoms with Crippen molar-refractivity contribution in [2.24, 2.45) is 29.1 Å². The van der Waals surface area contributed by atoms with Gasteiger partial charge in [0.25, 0.3) is 0 Å². The number of carbonyl (C=O) groups excluding carboxylic acids is 2. The maximum atomic E-state index is 13.1. The second kappa shape index (κ2) is 4.40. The molecule has 6 rings (SSSR count). The minimum atomic E-state index is -0.0972. The molecule has 0 unspecified atom stereocenters. The van der Waals surface area contributed by atoms with Gasteiger partial charge in [-0.3, -0.25) is 14.5 Å². The third-order valence-electron chi connectivity index (χ3n) is 7.15. The van der Waals surface area contributed by atoms with Gasteiger partial charge in [0, 0.05) is 0 Å². The first kappa shape index (κ1) is 13.8. The summed E-state index contributed by atoms with van der Waals surface area (Å²) in [5.74, 6) is 0.532. The number of benzene rings is 2. The first-order valence-electron chi connectivity index (χ1n) is 9.21. The Morgan fingerprint density at radius 2 is 1.52 bits per heavy atom. The molecule has 2 aromatic rings. The van der Waals surface area contributed by atoms with E-state index in [-0.39, 0.29) is 29.1 Å². The fourth-order valence-corrected chi connectivity index (χ4v) is 5.90. The van der Waals surface area contributed by atoms with Crippen LogP contribution in [0, 0.1) is 29.1 Å². The minimum Gasteiger partial charge on any atom is -0.278 e. The van der Waals surface area contributed by atoms with E-state index in [2.05, 4.69) is 30.4 Å². The van der Waals surface area contributed by atoms with Crippen LogP contribution in [0.15, 0.2) is 54.6 Å². The molecule has 2 bridgehead atoms. The Morgan fingerprint density at radius 1 is 0.880 bits per heavy atom. The summed E-state index contributed by atoms with van der Waals surface area (Å²) in [5, 5.41) is 2.28. The second-order valence-corrected chi connectivity index (χ2v) is 8.12. The molecule has 1 spiro atoms. The Morgan fingerprint density at radius 3 is 2.20 bits per heavy atom. The molecule has 2 saturated carbocycles. The fourth-order valence-electron chi connectivity index (χ4n) is 5.90. The van der Waals surface area contributed by atoms with Gasteiger partial charge in [0.1, 0.15) is 0 Å². The van der Waals surface area contributed by atoms with Crippen LogP contribution < -0.4 is 0 Å². The molecule has 2 amide bonds. The number of carbonyl (C=O) groups is 2. The third-order valence-corrected chi connectivity index (χ3v) is 7.15. The summed E-state index contributed by atoms with van der Waals surface area (Å²) < 4.78 is 0. The Hall–Kier alpha value is -2.42. The van der Waals surface area contributed by atoms with Gasteiger partial charge in [-0.15, -0.1) is 0 Å². The van der Waals surface area contributed by atoms with Crippen molar-refractivity contribution in [2.75, 3.05) is 0 Å². The number of likely N-dealkylation sites (tertiary alicyclic amines) is 1.